The second-order valence-corrected chi connectivity index (χ2v) is 6.85. The van der Waals surface area contributed by atoms with E-state index in [1.54, 1.807) is 19.1 Å². The van der Waals surface area contributed by atoms with Gasteiger partial charge in [-0.25, -0.2) is 4.79 Å². The molecule has 2 rings (SSSR count). The Balaban J connectivity index is 2.06. The molecule has 0 unspecified atom stereocenters. The summed E-state index contributed by atoms with van der Waals surface area (Å²) < 4.78 is 16.0. The fraction of sp³-hybridized carbons (Fsp3) is 0.647. The number of amides is 1. The maximum atomic E-state index is 12.3. The van der Waals surface area contributed by atoms with Gasteiger partial charge in [-0.15, -0.1) is 0 Å². The van der Waals surface area contributed by atoms with Crippen LogP contribution in [0.3, 0.4) is 0 Å². The molecule has 2 heterocycles. The number of rotatable bonds is 3. The van der Waals surface area contributed by atoms with Crippen molar-refractivity contribution in [2.75, 3.05) is 38.8 Å². The highest BCUT2D eigenvalue weighted by atomic mass is 16.6. The first-order chi connectivity index (χ1) is 11.2. The summed E-state index contributed by atoms with van der Waals surface area (Å²) in [4.78, 5) is 20.7. The van der Waals surface area contributed by atoms with Crippen molar-refractivity contribution < 1.29 is 19.0 Å². The molecule has 0 saturated carbocycles. The standard InChI is InChI=1S/C17H27N3O4/c1-12-11-19(9-10-20(12)16(21)24-17(2,3)4)14-8-7-13(22-5)15(18-14)23-6/h7-8,12H,9-11H2,1-6H3/t12-/m1/s1. The first kappa shape index (κ1) is 18.2. The third-order valence-electron chi connectivity index (χ3n) is 3.80. The van der Waals surface area contributed by atoms with Crippen LogP contribution in [0, 0.1) is 0 Å². The number of methoxy groups -OCH3 is 2. The molecule has 1 fully saturated rings. The highest BCUT2D eigenvalue weighted by molar-refractivity contribution is 5.69. The van der Waals surface area contributed by atoms with Gasteiger partial charge in [0, 0.05) is 25.7 Å². The molecule has 1 aliphatic rings. The molecule has 0 bridgehead atoms. The number of carbonyl (C=O) groups excluding carboxylic acids is 1. The van der Waals surface area contributed by atoms with Gasteiger partial charge in [-0.3, -0.25) is 0 Å². The highest BCUT2D eigenvalue weighted by Gasteiger charge is 2.31. The average molecular weight is 337 g/mol. The Bertz CT molecular complexity index is 586. The summed E-state index contributed by atoms with van der Waals surface area (Å²) in [5, 5.41) is 0. The van der Waals surface area contributed by atoms with Gasteiger partial charge in [-0.05, 0) is 39.8 Å². The number of hydrogen-bond donors (Lipinski definition) is 0. The van der Waals surface area contributed by atoms with E-state index in [1.807, 2.05) is 39.8 Å². The Kier molecular flexibility index (Phi) is 5.41. The van der Waals surface area contributed by atoms with Crippen molar-refractivity contribution in [3.63, 3.8) is 0 Å². The SMILES string of the molecule is COc1ccc(N2CCN(C(=O)OC(C)(C)C)[C@H](C)C2)nc1OC. The topological polar surface area (TPSA) is 64.1 Å². The monoisotopic (exact) mass is 337 g/mol. The van der Waals surface area contributed by atoms with Gasteiger partial charge in [0.25, 0.3) is 5.88 Å². The van der Waals surface area contributed by atoms with E-state index in [2.05, 4.69) is 9.88 Å². The van der Waals surface area contributed by atoms with Gasteiger partial charge in [-0.1, -0.05) is 0 Å². The van der Waals surface area contributed by atoms with E-state index < -0.39 is 5.60 Å². The summed E-state index contributed by atoms with van der Waals surface area (Å²) in [7, 11) is 3.15. The minimum absolute atomic E-state index is 0.0310. The first-order valence-electron chi connectivity index (χ1n) is 8.08. The summed E-state index contributed by atoms with van der Waals surface area (Å²) in [6.07, 6.45) is -0.269. The summed E-state index contributed by atoms with van der Waals surface area (Å²) in [6.45, 7) is 9.59. The van der Waals surface area contributed by atoms with Gasteiger partial charge < -0.3 is 24.0 Å². The minimum Gasteiger partial charge on any atom is -0.491 e. The molecule has 0 spiro atoms. The maximum absolute atomic E-state index is 12.3. The van der Waals surface area contributed by atoms with E-state index in [-0.39, 0.29) is 12.1 Å². The fourth-order valence-corrected chi connectivity index (χ4v) is 2.65. The van der Waals surface area contributed by atoms with Gasteiger partial charge in [0.1, 0.15) is 11.4 Å². The molecule has 1 aromatic rings. The predicted molar refractivity (Wildman–Crippen MR) is 92.0 cm³/mol. The molecule has 1 atom stereocenters. The van der Waals surface area contributed by atoms with Crippen molar-refractivity contribution in [1.82, 2.24) is 9.88 Å². The van der Waals surface area contributed by atoms with Gasteiger partial charge in [0.15, 0.2) is 5.75 Å². The molecule has 24 heavy (non-hydrogen) atoms. The second kappa shape index (κ2) is 7.15. The van der Waals surface area contributed by atoms with Crippen molar-refractivity contribution >= 4 is 11.9 Å². The first-order valence-corrected chi connectivity index (χ1v) is 8.08. The molecule has 0 aliphatic carbocycles. The van der Waals surface area contributed by atoms with Gasteiger partial charge in [0.2, 0.25) is 0 Å². The van der Waals surface area contributed by atoms with Crippen LogP contribution in [-0.4, -0.2) is 61.5 Å². The van der Waals surface area contributed by atoms with Crippen LogP contribution in [0.15, 0.2) is 12.1 Å². The van der Waals surface area contributed by atoms with Crippen molar-refractivity contribution in [2.45, 2.75) is 39.3 Å². The van der Waals surface area contributed by atoms with Gasteiger partial charge in [0.05, 0.1) is 14.2 Å². The van der Waals surface area contributed by atoms with E-state index in [4.69, 9.17) is 14.2 Å². The van der Waals surface area contributed by atoms with E-state index in [0.717, 1.165) is 5.82 Å². The van der Waals surface area contributed by atoms with Gasteiger partial charge in [-0.2, -0.15) is 4.98 Å². The zero-order valence-electron chi connectivity index (χ0n) is 15.3. The zero-order chi connectivity index (χ0) is 17.9. The number of carbonyl (C=O) groups is 1. The molecule has 134 valence electrons. The van der Waals surface area contributed by atoms with Crippen LogP contribution >= 0.6 is 0 Å². The highest BCUT2D eigenvalue weighted by Crippen LogP contribution is 2.28. The van der Waals surface area contributed by atoms with Crippen LogP contribution in [0.2, 0.25) is 0 Å². The normalized spacial score (nSPS) is 18.3. The van der Waals surface area contributed by atoms with Crippen LogP contribution < -0.4 is 14.4 Å². The minimum atomic E-state index is -0.487. The molecule has 1 aromatic heterocycles. The molecule has 0 aromatic carbocycles. The maximum Gasteiger partial charge on any atom is 0.410 e. The quantitative estimate of drug-likeness (QED) is 0.844. The Labute approximate surface area is 143 Å². The van der Waals surface area contributed by atoms with Crippen molar-refractivity contribution in [3.8, 4) is 11.6 Å². The van der Waals surface area contributed by atoms with Crippen molar-refractivity contribution in [2.24, 2.45) is 0 Å². The number of hydrogen-bond acceptors (Lipinski definition) is 6. The summed E-state index contributed by atoms with van der Waals surface area (Å²) in [5.41, 5.74) is -0.487. The second-order valence-electron chi connectivity index (χ2n) is 6.85. The number of pyridine rings is 1. The lowest BCUT2D eigenvalue weighted by Gasteiger charge is -2.40. The molecule has 7 heteroatoms. The Morgan fingerprint density at radius 3 is 2.46 bits per heavy atom. The molecule has 0 N–H and O–H groups in total. The lowest BCUT2D eigenvalue weighted by Crippen LogP contribution is -2.55. The number of piperazine rings is 1. The van der Waals surface area contributed by atoms with Crippen LogP contribution in [0.25, 0.3) is 0 Å². The Hall–Kier alpha value is -2.18. The van der Waals surface area contributed by atoms with Gasteiger partial charge >= 0.3 is 6.09 Å². The number of ether oxygens (including phenoxy) is 3. The lowest BCUT2D eigenvalue weighted by molar-refractivity contribution is 0.0158. The van der Waals surface area contributed by atoms with E-state index in [9.17, 15) is 4.79 Å². The van der Waals surface area contributed by atoms with Crippen molar-refractivity contribution in [3.05, 3.63) is 12.1 Å². The summed E-state index contributed by atoms with van der Waals surface area (Å²) >= 11 is 0. The van der Waals surface area contributed by atoms with E-state index >= 15 is 0 Å². The molecule has 1 amide bonds. The predicted octanol–water partition coefficient (Wildman–Crippen LogP) is 2.54. The molecule has 1 aliphatic heterocycles. The molecular weight excluding hydrogens is 310 g/mol. The van der Waals surface area contributed by atoms with Crippen LogP contribution in [0.5, 0.6) is 11.6 Å². The fourth-order valence-electron chi connectivity index (χ4n) is 2.65. The Morgan fingerprint density at radius 1 is 1.21 bits per heavy atom. The van der Waals surface area contributed by atoms with Crippen LogP contribution in [-0.2, 0) is 4.74 Å². The van der Waals surface area contributed by atoms with Crippen LogP contribution in [0.4, 0.5) is 10.6 Å². The number of anilines is 1. The summed E-state index contributed by atoms with van der Waals surface area (Å²) in [6, 6.07) is 3.77. The van der Waals surface area contributed by atoms with E-state index in [0.29, 0.717) is 31.3 Å². The molecule has 0 radical (unpaired) electrons. The van der Waals surface area contributed by atoms with E-state index in [1.165, 1.54) is 0 Å². The molecule has 7 nitrogen and oxygen atoms in total. The number of aromatic nitrogens is 1. The lowest BCUT2D eigenvalue weighted by atomic mass is 10.2. The molecular formula is C17H27N3O4. The largest absolute Gasteiger partial charge is 0.491 e. The zero-order valence-corrected chi connectivity index (χ0v) is 15.3. The molecule has 1 saturated heterocycles. The summed E-state index contributed by atoms with van der Waals surface area (Å²) in [5.74, 6) is 1.86. The third kappa shape index (κ3) is 4.21. The van der Waals surface area contributed by atoms with Crippen molar-refractivity contribution in [1.29, 1.82) is 0 Å². The average Bonchev–Trinajstić information content (AvgIpc) is 2.52. The smallest absolute Gasteiger partial charge is 0.410 e. The third-order valence-corrected chi connectivity index (χ3v) is 3.80. The Morgan fingerprint density at radius 2 is 1.92 bits per heavy atom. The number of nitrogens with zero attached hydrogens (tertiary/aromatic N) is 3. The van der Waals surface area contributed by atoms with Crippen LogP contribution in [0.1, 0.15) is 27.7 Å².